The summed E-state index contributed by atoms with van der Waals surface area (Å²) in [6.45, 7) is 1.53. The number of rotatable bonds is 5. The average Bonchev–Trinajstić information content (AvgIpc) is 3.00. The van der Waals surface area contributed by atoms with E-state index in [0.29, 0.717) is 10.6 Å². The molecule has 26 heavy (non-hydrogen) atoms. The summed E-state index contributed by atoms with van der Waals surface area (Å²) in [6.07, 6.45) is 2.84. The number of anilines is 1. The number of carbonyl (C=O) groups is 2. The Bertz CT molecular complexity index is 833. The quantitative estimate of drug-likeness (QED) is 0.801. The highest BCUT2D eigenvalue weighted by atomic mass is 32.1. The van der Waals surface area contributed by atoms with E-state index in [1.807, 2.05) is 0 Å². The molecule has 5 nitrogen and oxygen atoms in total. The highest BCUT2D eigenvalue weighted by molar-refractivity contribution is 7.17. The second kappa shape index (κ2) is 7.86. The largest absolute Gasteiger partial charge is 0.478 e. The predicted molar refractivity (Wildman–Crippen MR) is 97.4 cm³/mol. The van der Waals surface area contributed by atoms with Crippen LogP contribution in [0.5, 0.6) is 5.75 Å². The number of halogens is 1. The number of esters is 1. The highest BCUT2D eigenvalue weighted by Crippen LogP contribution is 2.38. The first-order chi connectivity index (χ1) is 12.5. The van der Waals surface area contributed by atoms with Gasteiger partial charge in [0.25, 0.3) is 5.91 Å². The first-order valence-corrected chi connectivity index (χ1v) is 9.27. The number of para-hydroxylation sites is 1. The van der Waals surface area contributed by atoms with Gasteiger partial charge in [-0.25, -0.2) is 9.18 Å². The molecule has 1 aliphatic rings. The summed E-state index contributed by atoms with van der Waals surface area (Å²) in [5.74, 6) is -1.43. The lowest BCUT2D eigenvalue weighted by Gasteiger charge is -2.15. The van der Waals surface area contributed by atoms with Gasteiger partial charge in [-0.1, -0.05) is 12.1 Å². The Hall–Kier alpha value is -2.41. The molecule has 0 spiro atoms. The van der Waals surface area contributed by atoms with Gasteiger partial charge in [0.1, 0.15) is 5.00 Å². The molecule has 0 unspecified atom stereocenters. The molecule has 1 amide bonds. The number of ether oxygens (including phenoxy) is 2. The molecule has 1 atom stereocenters. The van der Waals surface area contributed by atoms with E-state index in [4.69, 9.17) is 9.47 Å². The molecule has 0 radical (unpaired) electrons. The van der Waals surface area contributed by atoms with Gasteiger partial charge in [0.2, 0.25) is 0 Å². The molecule has 1 aliphatic carbocycles. The lowest BCUT2D eigenvalue weighted by Crippen LogP contribution is -2.30. The molecule has 1 heterocycles. The third-order valence-corrected chi connectivity index (χ3v) is 5.51. The van der Waals surface area contributed by atoms with Crippen molar-refractivity contribution in [2.24, 2.45) is 0 Å². The lowest BCUT2D eigenvalue weighted by molar-refractivity contribution is -0.122. The second-order valence-corrected chi connectivity index (χ2v) is 7.19. The van der Waals surface area contributed by atoms with Crippen LogP contribution >= 0.6 is 11.3 Å². The van der Waals surface area contributed by atoms with Crippen molar-refractivity contribution in [1.29, 1.82) is 0 Å². The van der Waals surface area contributed by atoms with Crippen LogP contribution in [0.2, 0.25) is 0 Å². The van der Waals surface area contributed by atoms with Gasteiger partial charge in [-0.2, -0.15) is 0 Å². The number of methoxy groups -OCH3 is 1. The van der Waals surface area contributed by atoms with E-state index in [-0.39, 0.29) is 5.75 Å². The Kier molecular flexibility index (Phi) is 5.56. The van der Waals surface area contributed by atoms with Gasteiger partial charge in [-0.3, -0.25) is 4.79 Å². The molecule has 7 heteroatoms. The van der Waals surface area contributed by atoms with Crippen molar-refractivity contribution in [3.63, 3.8) is 0 Å². The van der Waals surface area contributed by atoms with Crippen molar-refractivity contribution in [3.8, 4) is 5.75 Å². The minimum Gasteiger partial charge on any atom is -0.478 e. The minimum absolute atomic E-state index is 0.00816. The maximum atomic E-state index is 13.7. The van der Waals surface area contributed by atoms with Gasteiger partial charge in [0, 0.05) is 4.88 Å². The van der Waals surface area contributed by atoms with E-state index in [0.717, 1.165) is 36.1 Å². The van der Waals surface area contributed by atoms with Gasteiger partial charge in [0.15, 0.2) is 17.7 Å². The number of carbonyl (C=O) groups excluding carboxylic acids is 2. The van der Waals surface area contributed by atoms with Crippen LogP contribution < -0.4 is 10.1 Å². The molecule has 1 aromatic heterocycles. The van der Waals surface area contributed by atoms with Gasteiger partial charge >= 0.3 is 5.97 Å². The maximum Gasteiger partial charge on any atom is 0.341 e. The number of benzene rings is 1. The van der Waals surface area contributed by atoms with E-state index in [2.05, 4.69) is 5.32 Å². The van der Waals surface area contributed by atoms with Crippen LogP contribution in [0.3, 0.4) is 0 Å². The third-order valence-electron chi connectivity index (χ3n) is 4.31. The molecular weight excluding hydrogens is 357 g/mol. The fourth-order valence-corrected chi connectivity index (χ4v) is 4.25. The van der Waals surface area contributed by atoms with Crippen LogP contribution in [-0.2, 0) is 22.4 Å². The summed E-state index contributed by atoms with van der Waals surface area (Å²) < 4.78 is 24.0. The normalized spacial score (nSPS) is 14.3. The molecule has 3 rings (SSSR count). The topological polar surface area (TPSA) is 64.6 Å². The fourth-order valence-electron chi connectivity index (χ4n) is 2.97. The van der Waals surface area contributed by atoms with Crippen molar-refractivity contribution in [2.75, 3.05) is 12.4 Å². The van der Waals surface area contributed by atoms with Crippen molar-refractivity contribution in [3.05, 3.63) is 46.1 Å². The zero-order chi connectivity index (χ0) is 18.7. The minimum atomic E-state index is -0.920. The molecular formula is C19H20FNO4S. The molecule has 0 bridgehead atoms. The smallest absolute Gasteiger partial charge is 0.341 e. The Labute approximate surface area is 155 Å². The monoisotopic (exact) mass is 377 g/mol. The summed E-state index contributed by atoms with van der Waals surface area (Å²) >= 11 is 1.40. The first kappa shape index (κ1) is 18.4. The highest BCUT2D eigenvalue weighted by Gasteiger charge is 2.28. The van der Waals surface area contributed by atoms with E-state index >= 15 is 0 Å². The molecule has 0 aliphatic heterocycles. The first-order valence-electron chi connectivity index (χ1n) is 8.46. The molecule has 2 aromatic rings. The summed E-state index contributed by atoms with van der Waals surface area (Å²) in [6, 6.07) is 5.91. The number of fused-ring (bicyclic) bond motifs is 1. The van der Waals surface area contributed by atoms with Crippen molar-refractivity contribution in [2.45, 2.75) is 38.7 Å². The van der Waals surface area contributed by atoms with Gasteiger partial charge in [-0.15, -0.1) is 11.3 Å². The molecule has 0 saturated carbocycles. The van der Waals surface area contributed by atoms with Gasteiger partial charge < -0.3 is 14.8 Å². The molecule has 1 N–H and O–H groups in total. The molecule has 138 valence electrons. The fraction of sp³-hybridized carbons (Fsp3) is 0.368. The molecule has 0 fully saturated rings. The number of amides is 1. The van der Waals surface area contributed by atoms with E-state index in [1.165, 1.54) is 37.5 Å². The third kappa shape index (κ3) is 3.72. The van der Waals surface area contributed by atoms with E-state index in [1.54, 1.807) is 12.1 Å². The molecule has 1 aromatic carbocycles. The van der Waals surface area contributed by atoms with Crippen LogP contribution in [0.1, 0.15) is 40.6 Å². The number of nitrogens with one attached hydrogen (secondary N) is 1. The number of aryl methyl sites for hydroxylation is 1. The number of hydrogen-bond donors (Lipinski definition) is 1. The van der Waals surface area contributed by atoms with Crippen molar-refractivity contribution >= 4 is 28.2 Å². The van der Waals surface area contributed by atoms with Crippen LogP contribution in [0.4, 0.5) is 9.39 Å². The average molecular weight is 377 g/mol. The number of thiophene rings is 1. The zero-order valence-corrected chi connectivity index (χ0v) is 15.5. The van der Waals surface area contributed by atoms with Gasteiger partial charge in [-0.05, 0) is 50.3 Å². The lowest BCUT2D eigenvalue weighted by atomic mass is 9.95. The Morgan fingerprint density at radius 2 is 1.96 bits per heavy atom. The van der Waals surface area contributed by atoms with Crippen LogP contribution in [0, 0.1) is 5.82 Å². The van der Waals surface area contributed by atoms with Crippen LogP contribution in [0.15, 0.2) is 24.3 Å². The zero-order valence-electron chi connectivity index (χ0n) is 14.6. The standard InChI is InChI=1S/C19H20FNO4S/c1-11(25-14-9-5-4-8-13(14)20)17(22)21-18-16(19(23)24-2)12-7-3-6-10-15(12)26-18/h4-5,8-9,11H,3,6-7,10H2,1-2H3,(H,21,22)/t11-/m1/s1. The number of hydrogen-bond acceptors (Lipinski definition) is 5. The Morgan fingerprint density at radius 3 is 2.69 bits per heavy atom. The second-order valence-electron chi connectivity index (χ2n) is 6.09. The summed E-state index contributed by atoms with van der Waals surface area (Å²) in [5, 5.41) is 3.22. The SMILES string of the molecule is COC(=O)c1c(NC(=O)[C@@H](C)Oc2ccccc2F)sc2c1CCCC2. The van der Waals surface area contributed by atoms with E-state index < -0.39 is 23.8 Å². The van der Waals surface area contributed by atoms with Gasteiger partial charge in [0.05, 0.1) is 12.7 Å². The summed E-state index contributed by atoms with van der Waals surface area (Å²) in [7, 11) is 1.32. The summed E-state index contributed by atoms with van der Waals surface area (Å²) in [5.41, 5.74) is 1.39. The predicted octanol–water partition coefficient (Wildman–Crippen LogP) is 3.96. The van der Waals surface area contributed by atoms with Crippen LogP contribution in [-0.4, -0.2) is 25.1 Å². The Balaban J connectivity index is 1.79. The van der Waals surface area contributed by atoms with Crippen LogP contribution in [0.25, 0.3) is 0 Å². The summed E-state index contributed by atoms with van der Waals surface area (Å²) in [4.78, 5) is 25.8. The maximum absolute atomic E-state index is 13.7. The molecule has 0 saturated heterocycles. The van der Waals surface area contributed by atoms with Crippen molar-refractivity contribution < 1.29 is 23.5 Å². The van der Waals surface area contributed by atoms with Crippen molar-refractivity contribution in [1.82, 2.24) is 0 Å². The van der Waals surface area contributed by atoms with E-state index in [9.17, 15) is 14.0 Å². The Morgan fingerprint density at radius 1 is 1.23 bits per heavy atom.